The van der Waals surface area contributed by atoms with Crippen molar-refractivity contribution in [3.05, 3.63) is 35.6 Å². The van der Waals surface area contributed by atoms with Crippen molar-refractivity contribution in [1.82, 2.24) is 0 Å². The van der Waals surface area contributed by atoms with E-state index >= 15 is 0 Å². The lowest BCUT2D eigenvalue weighted by molar-refractivity contribution is 0.253. The molecule has 0 amide bonds. The maximum Gasteiger partial charge on any atom is 0.123 e. The monoisotopic (exact) mass is 165 g/mol. The van der Waals surface area contributed by atoms with E-state index in [4.69, 9.17) is 5.73 Å². The molecule has 12 heavy (non-hydrogen) atoms. The van der Waals surface area contributed by atoms with Crippen LogP contribution in [0, 0.1) is 5.82 Å². The molecule has 0 saturated heterocycles. The second-order valence-electron chi connectivity index (χ2n) is 3.52. The van der Waals surface area contributed by atoms with Crippen molar-refractivity contribution in [1.29, 1.82) is 0 Å². The third kappa shape index (κ3) is 1.12. The molecule has 1 aromatic rings. The lowest BCUT2D eigenvalue weighted by atomic mass is 9.73. The Morgan fingerprint density at radius 2 is 2.08 bits per heavy atom. The van der Waals surface area contributed by atoms with Gasteiger partial charge in [-0.05, 0) is 37.0 Å². The summed E-state index contributed by atoms with van der Waals surface area (Å²) in [6.45, 7) is 0. The summed E-state index contributed by atoms with van der Waals surface area (Å²) in [4.78, 5) is 0. The van der Waals surface area contributed by atoms with Gasteiger partial charge in [-0.1, -0.05) is 12.1 Å². The van der Waals surface area contributed by atoms with E-state index in [0.717, 1.165) is 24.8 Å². The molecule has 64 valence electrons. The third-order valence-corrected chi connectivity index (χ3v) is 2.65. The lowest BCUT2D eigenvalue weighted by Crippen LogP contribution is -2.43. The van der Waals surface area contributed by atoms with Gasteiger partial charge >= 0.3 is 0 Å². The number of hydrogen-bond donors (Lipinski definition) is 1. The fourth-order valence-corrected chi connectivity index (χ4v) is 1.64. The average molecular weight is 165 g/mol. The number of benzene rings is 1. The molecule has 1 aliphatic rings. The molecule has 2 N–H and O–H groups in total. The van der Waals surface area contributed by atoms with Gasteiger partial charge in [0.05, 0.1) is 0 Å². The standard InChI is InChI=1S/C10H12FN/c11-9-4-1-3-8(7-9)10(12)5-2-6-10/h1,3-4,7H,2,5-6,12H2. The van der Waals surface area contributed by atoms with Crippen LogP contribution in [0.2, 0.25) is 0 Å². The fourth-order valence-electron chi connectivity index (χ4n) is 1.64. The van der Waals surface area contributed by atoms with Crippen LogP contribution in [0.1, 0.15) is 24.8 Å². The van der Waals surface area contributed by atoms with Crippen molar-refractivity contribution in [2.45, 2.75) is 24.8 Å². The Balaban J connectivity index is 2.33. The molecular formula is C10H12FN. The molecule has 1 aliphatic carbocycles. The minimum Gasteiger partial charge on any atom is -0.321 e. The number of nitrogens with two attached hydrogens (primary N) is 1. The van der Waals surface area contributed by atoms with Crippen molar-refractivity contribution < 1.29 is 4.39 Å². The molecule has 0 atom stereocenters. The summed E-state index contributed by atoms with van der Waals surface area (Å²) in [6, 6.07) is 6.62. The van der Waals surface area contributed by atoms with Crippen LogP contribution in [0.5, 0.6) is 0 Å². The smallest absolute Gasteiger partial charge is 0.123 e. The van der Waals surface area contributed by atoms with Gasteiger partial charge in [-0.3, -0.25) is 0 Å². The lowest BCUT2D eigenvalue weighted by Gasteiger charge is -2.38. The Bertz CT molecular complexity index is 292. The van der Waals surface area contributed by atoms with E-state index in [-0.39, 0.29) is 11.4 Å². The number of rotatable bonds is 1. The van der Waals surface area contributed by atoms with Gasteiger partial charge in [-0.15, -0.1) is 0 Å². The first-order valence-corrected chi connectivity index (χ1v) is 4.26. The first kappa shape index (κ1) is 7.74. The highest BCUT2D eigenvalue weighted by molar-refractivity contribution is 5.26. The summed E-state index contributed by atoms with van der Waals surface area (Å²) < 4.78 is 12.8. The molecule has 1 nitrogen and oxygen atoms in total. The molecule has 0 aromatic heterocycles. The average Bonchev–Trinajstić information content (AvgIpc) is 2.00. The van der Waals surface area contributed by atoms with Gasteiger partial charge in [-0.25, -0.2) is 4.39 Å². The van der Waals surface area contributed by atoms with Crippen molar-refractivity contribution in [2.75, 3.05) is 0 Å². The van der Waals surface area contributed by atoms with Crippen LogP contribution in [-0.4, -0.2) is 0 Å². The molecule has 0 bridgehead atoms. The van der Waals surface area contributed by atoms with E-state index in [2.05, 4.69) is 0 Å². The molecule has 2 heteroatoms. The summed E-state index contributed by atoms with van der Waals surface area (Å²) in [5.74, 6) is -0.191. The second kappa shape index (κ2) is 2.56. The summed E-state index contributed by atoms with van der Waals surface area (Å²) in [7, 11) is 0. The SMILES string of the molecule is NC1(c2cccc(F)c2)CCC1. The summed E-state index contributed by atoms with van der Waals surface area (Å²) in [5, 5.41) is 0. The molecule has 0 unspecified atom stereocenters. The molecule has 0 aliphatic heterocycles. The Morgan fingerprint density at radius 1 is 1.33 bits per heavy atom. The maximum atomic E-state index is 12.8. The van der Waals surface area contributed by atoms with Crippen LogP contribution in [-0.2, 0) is 5.54 Å². The van der Waals surface area contributed by atoms with Crippen LogP contribution in [0.3, 0.4) is 0 Å². The Labute approximate surface area is 71.4 Å². The molecule has 0 heterocycles. The Morgan fingerprint density at radius 3 is 2.58 bits per heavy atom. The molecule has 2 rings (SSSR count). The molecule has 0 radical (unpaired) electrons. The van der Waals surface area contributed by atoms with E-state index in [1.165, 1.54) is 6.07 Å². The third-order valence-electron chi connectivity index (χ3n) is 2.65. The highest BCUT2D eigenvalue weighted by Gasteiger charge is 2.34. The van der Waals surface area contributed by atoms with Gasteiger partial charge in [0.25, 0.3) is 0 Å². The van der Waals surface area contributed by atoms with E-state index in [1.54, 1.807) is 12.1 Å². The van der Waals surface area contributed by atoms with Crippen molar-refractivity contribution in [3.8, 4) is 0 Å². The first-order valence-electron chi connectivity index (χ1n) is 4.26. The van der Waals surface area contributed by atoms with Crippen LogP contribution in [0.15, 0.2) is 24.3 Å². The van der Waals surface area contributed by atoms with Crippen LogP contribution >= 0.6 is 0 Å². The number of hydrogen-bond acceptors (Lipinski definition) is 1. The van der Waals surface area contributed by atoms with Crippen LogP contribution in [0.25, 0.3) is 0 Å². The summed E-state index contributed by atoms with van der Waals surface area (Å²) in [6.07, 6.45) is 3.12. The van der Waals surface area contributed by atoms with Gasteiger partial charge in [0.2, 0.25) is 0 Å². The van der Waals surface area contributed by atoms with E-state index in [1.807, 2.05) is 6.07 Å². The molecule has 1 aromatic carbocycles. The minimum absolute atomic E-state index is 0.191. The zero-order valence-corrected chi connectivity index (χ0v) is 6.89. The van der Waals surface area contributed by atoms with Crippen molar-refractivity contribution in [2.24, 2.45) is 5.73 Å². The number of halogens is 1. The zero-order valence-electron chi connectivity index (χ0n) is 6.89. The molecule has 1 saturated carbocycles. The summed E-state index contributed by atoms with van der Waals surface area (Å²) in [5.41, 5.74) is 6.73. The van der Waals surface area contributed by atoms with Crippen molar-refractivity contribution >= 4 is 0 Å². The minimum atomic E-state index is -0.234. The predicted molar refractivity (Wildman–Crippen MR) is 46.1 cm³/mol. The van der Waals surface area contributed by atoms with Gasteiger partial charge in [0.1, 0.15) is 5.82 Å². The Hall–Kier alpha value is -0.890. The van der Waals surface area contributed by atoms with E-state index in [9.17, 15) is 4.39 Å². The van der Waals surface area contributed by atoms with Gasteiger partial charge in [0.15, 0.2) is 0 Å². The van der Waals surface area contributed by atoms with E-state index in [0.29, 0.717) is 0 Å². The molecule has 0 spiro atoms. The van der Waals surface area contributed by atoms with Gasteiger partial charge in [0, 0.05) is 5.54 Å². The van der Waals surface area contributed by atoms with Gasteiger partial charge < -0.3 is 5.73 Å². The summed E-state index contributed by atoms with van der Waals surface area (Å²) >= 11 is 0. The maximum absolute atomic E-state index is 12.8. The first-order chi connectivity index (χ1) is 5.71. The normalized spacial score (nSPS) is 20.2. The highest BCUT2D eigenvalue weighted by atomic mass is 19.1. The molecular weight excluding hydrogens is 153 g/mol. The Kier molecular flexibility index (Phi) is 1.65. The van der Waals surface area contributed by atoms with E-state index < -0.39 is 0 Å². The van der Waals surface area contributed by atoms with Crippen molar-refractivity contribution in [3.63, 3.8) is 0 Å². The largest absolute Gasteiger partial charge is 0.321 e. The quantitative estimate of drug-likeness (QED) is 0.678. The topological polar surface area (TPSA) is 26.0 Å². The van der Waals surface area contributed by atoms with Crippen LogP contribution < -0.4 is 5.73 Å². The molecule has 1 fully saturated rings. The highest BCUT2D eigenvalue weighted by Crippen LogP contribution is 2.38. The predicted octanol–water partition coefficient (Wildman–Crippen LogP) is 2.16. The van der Waals surface area contributed by atoms with Gasteiger partial charge in [-0.2, -0.15) is 0 Å². The zero-order chi connectivity index (χ0) is 8.60. The van der Waals surface area contributed by atoms with Crippen LogP contribution in [0.4, 0.5) is 4.39 Å². The fraction of sp³-hybridized carbons (Fsp3) is 0.400. The second-order valence-corrected chi connectivity index (χ2v) is 3.52.